The van der Waals surface area contributed by atoms with Crippen molar-refractivity contribution in [1.29, 1.82) is 0 Å². The van der Waals surface area contributed by atoms with E-state index in [1.165, 1.54) is 12.1 Å². The first-order chi connectivity index (χ1) is 7.58. The van der Waals surface area contributed by atoms with E-state index in [0.717, 1.165) is 12.0 Å². The van der Waals surface area contributed by atoms with Crippen LogP contribution in [-0.4, -0.2) is 12.6 Å². The molecule has 0 aliphatic carbocycles. The fourth-order valence-corrected chi connectivity index (χ4v) is 1.74. The van der Waals surface area contributed by atoms with E-state index in [4.69, 9.17) is 22.1 Å². The van der Waals surface area contributed by atoms with Crippen molar-refractivity contribution in [1.82, 2.24) is 0 Å². The van der Waals surface area contributed by atoms with E-state index >= 15 is 0 Å². The molecule has 4 heteroatoms. The van der Waals surface area contributed by atoms with Gasteiger partial charge in [-0.3, -0.25) is 0 Å². The lowest BCUT2D eigenvalue weighted by molar-refractivity contribution is 0.333. The maximum Gasteiger partial charge on any atom is 0.128 e. The summed E-state index contributed by atoms with van der Waals surface area (Å²) in [6, 6.07) is 2.66. The van der Waals surface area contributed by atoms with Crippen LogP contribution in [0, 0.1) is 5.82 Å². The molecular weight excluding hydrogens is 229 g/mol. The summed E-state index contributed by atoms with van der Waals surface area (Å²) in [7, 11) is 0. The Morgan fingerprint density at radius 1 is 1.44 bits per heavy atom. The van der Waals surface area contributed by atoms with Gasteiger partial charge in [0.05, 0.1) is 11.6 Å². The summed E-state index contributed by atoms with van der Waals surface area (Å²) in [5.74, 6) is 0.110. The van der Waals surface area contributed by atoms with Crippen molar-refractivity contribution >= 4 is 11.6 Å². The fraction of sp³-hybridized carbons (Fsp3) is 0.500. The van der Waals surface area contributed by atoms with Crippen LogP contribution in [0.3, 0.4) is 0 Å². The highest BCUT2D eigenvalue weighted by molar-refractivity contribution is 6.31. The molecule has 0 bridgehead atoms. The zero-order valence-corrected chi connectivity index (χ0v) is 10.4. The van der Waals surface area contributed by atoms with Gasteiger partial charge >= 0.3 is 0 Å². The minimum Gasteiger partial charge on any atom is -0.493 e. The highest BCUT2D eigenvalue weighted by Gasteiger charge is 2.13. The summed E-state index contributed by atoms with van der Waals surface area (Å²) in [6.45, 7) is 4.33. The Morgan fingerprint density at radius 2 is 2.12 bits per heavy atom. The first-order valence-electron chi connectivity index (χ1n) is 5.44. The lowest BCUT2D eigenvalue weighted by Crippen LogP contribution is -2.22. The van der Waals surface area contributed by atoms with Crippen LogP contribution in [0.15, 0.2) is 12.1 Å². The quantitative estimate of drug-likeness (QED) is 0.865. The van der Waals surface area contributed by atoms with Crippen molar-refractivity contribution < 1.29 is 9.13 Å². The molecular formula is C12H17ClFNO. The van der Waals surface area contributed by atoms with Crippen LogP contribution in [0.5, 0.6) is 5.75 Å². The topological polar surface area (TPSA) is 35.2 Å². The van der Waals surface area contributed by atoms with Crippen molar-refractivity contribution in [3.63, 3.8) is 0 Å². The van der Waals surface area contributed by atoms with Crippen LogP contribution in [0.1, 0.15) is 25.8 Å². The van der Waals surface area contributed by atoms with Crippen LogP contribution < -0.4 is 10.5 Å². The zero-order valence-electron chi connectivity index (χ0n) is 9.59. The van der Waals surface area contributed by atoms with Gasteiger partial charge in [-0.2, -0.15) is 0 Å². The number of hydrogen-bond donors (Lipinski definition) is 1. The Labute approximate surface area is 101 Å². The second-order valence-corrected chi connectivity index (χ2v) is 4.08. The normalized spacial score (nSPS) is 12.6. The summed E-state index contributed by atoms with van der Waals surface area (Å²) < 4.78 is 18.5. The monoisotopic (exact) mass is 245 g/mol. The van der Waals surface area contributed by atoms with E-state index in [1.54, 1.807) is 0 Å². The lowest BCUT2D eigenvalue weighted by atomic mass is 10.0. The summed E-state index contributed by atoms with van der Waals surface area (Å²) in [6.07, 6.45) is 1.45. The fourth-order valence-electron chi connectivity index (χ4n) is 1.47. The van der Waals surface area contributed by atoms with Crippen LogP contribution in [0.25, 0.3) is 0 Å². The molecule has 0 aromatic heterocycles. The van der Waals surface area contributed by atoms with E-state index in [2.05, 4.69) is 0 Å². The molecule has 0 amide bonds. The first kappa shape index (κ1) is 13.3. The van der Waals surface area contributed by atoms with Gasteiger partial charge in [-0.15, -0.1) is 0 Å². The molecule has 0 saturated heterocycles. The van der Waals surface area contributed by atoms with Crippen LogP contribution >= 0.6 is 11.6 Å². The summed E-state index contributed by atoms with van der Waals surface area (Å²) in [5, 5.41) is 0.382. The average molecular weight is 246 g/mol. The molecule has 0 saturated carbocycles. The Kier molecular flexibility index (Phi) is 5.03. The molecule has 0 radical (unpaired) electrons. The van der Waals surface area contributed by atoms with Crippen LogP contribution in [0.4, 0.5) is 4.39 Å². The van der Waals surface area contributed by atoms with Gasteiger partial charge in [0.2, 0.25) is 0 Å². The number of hydrogen-bond acceptors (Lipinski definition) is 2. The number of benzene rings is 1. The van der Waals surface area contributed by atoms with E-state index in [-0.39, 0.29) is 11.9 Å². The molecule has 0 aliphatic rings. The third kappa shape index (κ3) is 3.35. The lowest BCUT2D eigenvalue weighted by Gasteiger charge is -2.15. The van der Waals surface area contributed by atoms with Gasteiger partial charge in [-0.1, -0.05) is 18.5 Å². The van der Waals surface area contributed by atoms with Gasteiger partial charge in [0, 0.05) is 17.7 Å². The molecule has 16 heavy (non-hydrogen) atoms. The maximum absolute atomic E-state index is 13.2. The third-order valence-corrected chi connectivity index (χ3v) is 2.75. The molecule has 90 valence electrons. The van der Waals surface area contributed by atoms with Crippen molar-refractivity contribution in [2.24, 2.45) is 5.73 Å². The molecule has 1 atom stereocenters. The minimum absolute atomic E-state index is 0.0159. The molecule has 0 spiro atoms. The molecule has 2 N–H and O–H groups in total. The van der Waals surface area contributed by atoms with Crippen LogP contribution in [-0.2, 0) is 6.42 Å². The largest absolute Gasteiger partial charge is 0.493 e. The molecule has 1 rings (SSSR count). The Bertz CT molecular complexity index is 357. The Hall–Kier alpha value is -0.800. The molecule has 0 aliphatic heterocycles. The van der Waals surface area contributed by atoms with Gasteiger partial charge < -0.3 is 10.5 Å². The van der Waals surface area contributed by atoms with Crippen LogP contribution in [0.2, 0.25) is 5.02 Å². The number of ether oxygens (including phenoxy) is 1. The number of halogens is 2. The maximum atomic E-state index is 13.2. The second-order valence-electron chi connectivity index (χ2n) is 3.67. The van der Waals surface area contributed by atoms with Crippen molar-refractivity contribution in [2.45, 2.75) is 32.7 Å². The molecule has 1 aromatic carbocycles. The van der Waals surface area contributed by atoms with E-state index in [1.807, 2.05) is 13.8 Å². The SMILES string of the molecule is CCOc1cc(F)cc(Cl)c1CC(N)CC. The van der Waals surface area contributed by atoms with Crippen molar-refractivity contribution in [3.05, 3.63) is 28.5 Å². The highest BCUT2D eigenvalue weighted by atomic mass is 35.5. The zero-order chi connectivity index (χ0) is 12.1. The predicted octanol–water partition coefficient (Wildman–Crippen LogP) is 3.16. The molecule has 1 unspecified atom stereocenters. The predicted molar refractivity (Wildman–Crippen MR) is 64.5 cm³/mol. The van der Waals surface area contributed by atoms with E-state index in [9.17, 15) is 4.39 Å². The number of nitrogens with two attached hydrogens (primary N) is 1. The first-order valence-corrected chi connectivity index (χ1v) is 5.82. The summed E-state index contributed by atoms with van der Waals surface area (Å²) >= 11 is 6.00. The Morgan fingerprint density at radius 3 is 2.69 bits per heavy atom. The standard InChI is InChI=1S/C12H17ClFNO/c1-3-9(15)7-10-11(13)5-8(14)6-12(10)16-4-2/h5-6,9H,3-4,7,15H2,1-2H3. The summed E-state index contributed by atoms with van der Waals surface area (Å²) in [4.78, 5) is 0. The molecule has 1 aromatic rings. The minimum atomic E-state index is -0.387. The van der Waals surface area contributed by atoms with E-state index in [0.29, 0.717) is 23.8 Å². The Balaban J connectivity index is 3.03. The number of rotatable bonds is 5. The molecule has 0 heterocycles. The highest BCUT2D eigenvalue weighted by Crippen LogP contribution is 2.29. The average Bonchev–Trinajstić information content (AvgIpc) is 2.23. The van der Waals surface area contributed by atoms with Gasteiger partial charge in [0.1, 0.15) is 11.6 Å². The summed E-state index contributed by atoms with van der Waals surface area (Å²) in [5.41, 5.74) is 6.66. The second kappa shape index (κ2) is 6.06. The molecule has 2 nitrogen and oxygen atoms in total. The third-order valence-electron chi connectivity index (χ3n) is 2.41. The van der Waals surface area contributed by atoms with E-state index < -0.39 is 0 Å². The van der Waals surface area contributed by atoms with Crippen molar-refractivity contribution in [2.75, 3.05) is 6.61 Å². The van der Waals surface area contributed by atoms with Gasteiger partial charge in [0.25, 0.3) is 0 Å². The van der Waals surface area contributed by atoms with Gasteiger partial charge in [0.15, 0.2) is 0 Å². The van der Waals surface area contributed by atoms with Crippen molar-refractivity contribution in [3.8, 4) is 5.75 Å². The molecule has 0 fully saturated rings. The van der Waals surface area contributed by atoms with Gasteiger partial charge in [-0.25, -0.2) is 4.39 Å². The van der Waals surface area contributed by atoms with Gasteiger partial charge in [-0.05, 0) is 25.8 Å². The smallest absolute Gasteiger partial charge is 0.128 e.